The van der Waals surface area contributed by atoms with Crippen LogP contribution in [-0.2, 0) is 0 Å². The molecule has 1 rings (SSSR count). The molecular weight excluding hydrogens is 138 g/mol. The third kappa shape index (κ3) is 1.98. The summed E-state index contributed by atoms with van der Waals surface area (Å²) < 4.78 is 0. The second kappa shape index (κ2) is 3.44. The third-order valence-electron chi connectivity index (χ3n) is 1.57. The molecule has 0 saturated carbocycles. The molecule has 0 radical (unpaired) electrons. The molecule has 1 aromatic rings. The molecule has 3 heteroatoms. The van der Waals surface area contributed by atoms with Gasteiger partial charge in [-0.2, -0.15) is 0 Å². The van der Waals surface area contributed by atoms with E-state index in [9.17, 15) is 0 Å². The van der Waals surface area contributed by atoms with Gasteiger partial charge in [-0.25, -0.2) is 9.97 Å². The summed E-state index contributed by atoms with van der Waals surface area (Å²) in [6.07, 6.45) is 4.46. The van der Waals surface area contributed by atoms with E-state index >= 15 is 0 Å². The smallest absolute Gasteiger partial charge is 0.144 e. The van der Waals surface area contributed by atoms with Crippen molar-refractivity contribution in [1.29, 1.82) is 0 Å². The summed E-state index contributed by atoms with van der Waals surface area (Å²) >= 11 is 0. The minimum atomic E-state index is -0.0180. The third-order valence-corrected chi connectivity index (χ3v) is 1.57. The molecule has 0 aliphatic rings. The summed E-state index contributed by atoms with van der Waals surface area (Å²) in [6, 6.07) is -0.0180. The van der Waals surface area contributed by atoms with Crippen LogP contribution >= 0.6 is 0 Å². The van der Waals surface area contributed by atoms with Crippen molar-refractivity contribution in [2.75, 3.05) is 0 Å². The van der Waals surface area contributed by atoms with E-state index in [0.29, 0.717) is 0 Å². The first-order chi connectivity index (χ1) is 5.24. The molecule has 11 heavy (non-hydrogen) atoms. The SMILES string of the molecule is CC[C@H](N)c1ncc(C)cn1. The van der Waals surface area contributed by atoms with E-state index in [0.717, 1.165) is 17.8 Å². The molecule has 1 heterocycles. The van der Waals surface area contributed by atoms with Crippen LogP contribution in [0.1, 0.15) is 30.8 Å². The van der Waals surface area contributed by atoms with Crippen molar-refractivity contribution in [2.45, 2.75) is 26.3 Å². The van der Waals surface area contributed by atoms with Gasteiger partial charge in [0, 0.05) is 12.4 Å². The molecule has 1 atom stereocenters. The molecule has 0 spiro atoms. The first-order valence-electron chi connectivity index (χ1n) is 3.78. The summed E-state index contributed by atoms with van der Waals surface area (Å²) in [5.41, 5.74) is 6.79. The number of nitrogens with two attached hydrogens (primary N) is 1. The van der Waals surface area contributed by atoms with Crippen LogP contribution in [0.15, 0.2) is 12.4 Å². The van der Waals surface area contributed by atoms with Crippen LogP contribution in [-0.4, -0.2) is 9.97 Å². The van der Waals surface area contributed by atoms with Crippen LogP contribution < -0.4 is 5.73 Å². The van der Waals surface area contributed by atoms with Crippen molar-refractivity contribution in [2.24, 2.45) is 5.73 Å². The standard InChI is InChI=1S/C8H13N3/c1-3-7(9)8-10-4-6(2)5-11-8/h4-5,7H,3,9H2,1-2H3/t7-/m0/s1. The summed E-state index contributed by atoms with van der Waals surface area (Å²) in [7, 11) is 0. The van der Waals surface area contributed by atoms with Crippen molar-refractivity contribution in [3.63, 3.8) is 0 Å². The topological polar surface area (TPSA) is 51.8 Å². The number of hydrogen-bond acceptors (Lipinski definition) is 3. The molecule has 0 bridgehead atoms. The molecular formula is C8H13N3. The Morgan fingerprint density at radius 2 is 2.00 bits per heavy atom. The first kappa shape index (κ1) is 8.14. The van der Waals surface area contributed by atoms with Gasteiger partial charge in [0.25, 0.3) is 0 Å². The summed E-state index contributed by atoms with van der Waals surface area (Å²) in [5, 5.41) is 0. The average molecular weight is 151 g/mol. The highest BCUT2D eigenvalue weighted by Gasteiger charge is 2.04. The Morgan fingerprint density at radius 1 is 1.45 bits per heavy atom. The fourth-order valence-corrected chi connectivity index (χ4v) is 0.777. The van der Waals surface area contributed by atoms with Crippen molar-refractivity contribution < 1.29 is 0 Å². The fraction of sp³-hybridized carbons (Fsp3) is 0.500. The van der Waals surface area contributed by atoms with Gasteiger partial charge in [0.05, 0.1) is 6.04 Å². The minimum Gasteiger partial charge on any atom is -0.321 e. The van der Waals surface area contributed by atoms with E-state index in [1.54, 1.807) is 12.4 Å². The quantitative estimate of drug-likeness (QED) is 0.690. The Balaban J connectivity index is 2.81. The summed E-state index contributed by atoms with van der Waals surface area (Å²) in [6.45, 7) is 3.98. The van der Waals surface area contributed by atoms with Crippen molar-refractivity contribution in [3.8, 4) is 0 Å². The largest absolute Gasteiger partial charge is 0.321 e. The van der Waals surface area contributed by atoms with Gasteiger partial charge >= 0.3 is 0 Å². The molecule has 0 amide bonds. The van der Waals surface area contributed by atoms with Crippen LogP contribution in [0.5, 0.6) is 0 Å². The lowest BCUT2D eigenvalue weighted by Gasteiger charge is -2.05. The fourth-order valence-electron chi connectivity index (χ4n) is 0.777. The van der Waals surface area contributed by atoms with Gasteiger partial charge < -0.3 is 5.73 Å². The Hall–Kier alpha value is -0.960. The van der Waals surface area contributed by atoms with E-state index in [2.05, 4.69) is 9.97 Å². The highest BCUT2D eigenvalue weighted by Crippen LogP contribution is 2.06. The zero-order chi connectivity index (χ0) is 8.27. The maximum absolute atomic E-state index is 5.72. The van der Waals surface area contributed by atoms with Crippen LogP contribution in [0.2, 0.25) is 0 Å². The predicted octanol–water partition coefficient (Wildman–Crippen LogP) is 1.19. The van der Waals surface area contributed by atoms with E-state index in [1.807, 2.05) is 13.8 Å². The monoisotopic (exact) mass is 151 g/mol. The highest BCUT2D eigenvalue weighted by molar-refractivity contribution is 5.03. The van der Waals surface area contributed by atoms with Crippen LogP contribution in [0.4, 0.5) is 0 Å². The maximum atomic E-state index is 5.72. The molecule has 2 N–H and O–H groups in total. The minimum absolute atomic E-state index is 0.0180. The van der Waals surface area contributed by atoms with Crippen molar-refractivity contribution in [1.82, 2.24) is 9.97 Å². The van der Waals surface area contributed by atoms with E-state index < -0.39 is 0 Å². The predicted molar refractivity (Wildman–Crippen MR) is 44.0 cm³/mol. The Kier molecular flexibility index (Phi) is 2.54. The molecule has 60 valence electrons. The molecule has 1 aromatic heterocycles. The van der Waals surface area contributed by atoms with Crippen LogP contribution in [0.3, 0.4) is 0 Å². The number of hydrogen-bond donors (Lipinski definition) is 1. The molecule has 0 unspecified atom stereocenters. The summed E-state index contributed by atoms with van der Waals surface area (Å²) in [4.78, 5) is 8.23. The van der Waals surface area contributed by atoms with Gasteiger partial charge in [-0.05, 0) is 18.9 Å². The number of nitrogens with zero attached hydrogens (tertiary/aromatic N) is 2. The van der Waals surface area contributed by atoms with E-state index in [4.69, 9.17) is 5.73 Å². The van der Waals surface area contributed by atoms with Crippen LogP contribution in [0.25, 0.3) is 0 Å². The van der Waals surface area contributed by atoms with Crippen molar-refractivity contribution in [3.05, 3.63) is 23.8 Å². The number of aryl methyl sites for hydroxylation is 1. The van der Waals surface area contributed by atoms with Gasteiger partial charge in [0.15, 0.2) is 0 Å². The Morgan fingerprint density at radius 3 is 2.45 bits per heavy atom. The highest BCUT2D eigenvalue weighted by atomic mass is 14.9. The molecule has 0 fully saturated rings. The lowest BCUT2D eigenvalue weighted by Crippen LogP contribution is -2.12. The van der Waals surface area contributed by atoms with Crippen LogP contribution in [0, 0.1) is 6.92 Å². The average Bonchev–Trinajstić information content (AvgIpc) is 2.05. The second-order valence-corrected chi connectivity index (χ2v) is 2.63. The summed E-state index contributed by atoms with van der Waals surface area (Å²) in [5.74, 6) is 0.734. The Labute approximate surface area is 66.7 Å². The zero-order valence-corrected chi connectivity index (χ0v) is 6.91. The number of aromatic nitrogens is 2. The van der Waals surface area contributed by atoms with Gasteiger partial charge in [-0.3, -0.25) is 0 Å². The first-order valence-corrected chi connectivity index (χ1v) is 3.78. The van der Waals surface area contributed by atoms with E-state index in [-0.39, 0.29) is 6.04 Å². The lowest BCUT2D eigenvalue weighted by molar-refractivity contribution is 0.647. The lowest BCUT2D eigenvalue weighted by atomic mass is 10.2. The maximum Gasteiger partial charge on any atom is 0.144 e. The second-order valence-electron chi connectivity index (χ2n) is 2.63. The van der Waals surface area contributed by atoms with E-state index in [1.165, 1.54) is 0 Å². The van der Waals surface area contributed by atoms with Gasteiger partial charge in [0.1, 0.15) is 5.82 Å². The molecule has 0 aromatic carbocycles. The molecule has 0 aliphatic heterocycles. The number of rotatable bonds is 2. The van der Waals surface area contributed by atoms with Gasteiger partial charge in [-0.1, -0.05) is 6.92 Å². The Bertz CT molecular complexity index is 217. The molecule has 3 nitrogen and oxygen atoms in total. The van der Waals surface area contributed by atoms with Crippen molar-refractivity contribution >= 4 is 0 Å². The molecule has 0 aliphatic carbocycles. The van der Waals surface area contributed by atoms with Gasteiger partial charge in [0.2, 0.25) is 0 Å². The molecule has 0 saturated heterocycles. The zero-order valence-electron chi connectivity index (χ0n) is 6.91. The van der Waals surface area contributed by atoms with Gasteiger partial charge in [-0.15, -0.1) is 0 Å². The normalized spacial score (nSPS) is 13.0.